The molecule has 4 nitrogen and oxygen atoms in total. The second-order valence-electron chi connectivity index (χ2n) is 2.72. The fraction of sp³-hybridized carbons (Fsp3) is 0.429. The Morgan fingerprint density at radius 2 is 2.36 bits per heavy atom. The molecular weight excluding hydrogens is 140 g/mol. The van der Waals surface area contributed by atoms with E-state index >= 15 is 0 Å². The summed E-state index contributed by atoms with van der Waals surface area (Å²) in [4.78, 5) is 8.13. The smallest absolute Gasteiger partial charge is 0.237 e. The Labute approximate surface area is 64.8 Å². The molecule has 0 unspecified atom stereocenters. The van der Waals surface area contributed by atoms with Crippen LogP contribution in [0.5, 0.6) is 0 Å². The molecule has 1 fully saturated rings. The van der Waals surface area contributed by atoms with Gasteiger partial charge in [-0.15, -0.1) is 0 Å². The Hall–Kier alpha value is -1.16. The number of aromatic nitrogens is 2. The van der Waals surface area contributed by atoms with Crippen LogP contribution in [-0.4, -0.2) is 9.97 Å². The number of nitrogen functional groups attached to an aromatic ring is 1. The summed E-state index contributed by atoms with van der Waals surface area (Å²) < 4.78 is 0. The van der Waals surface area contributed by atoms with Gasteiger partial charge in [-0.05, 0) is 18.9 Å². The summed E-state index contributed by atoms with van der Waals surface area (Å²) in [7, 11) is 0. The first-order valence-corrected chi connectivity index (χ1v) is 3.69. The molecule has 3 N–H and O–H groups in total. The summed E-state index contributed by atoms with van der Waals surface area (Å²) >= 11 is 0. The fourth-order valence-corrected chi connectivity index (χ4v) is 1.05. The van der Waals surface area contributed by atoms with Crippen LogP contribution >= 0.6 is 0 Å². The van der Waals surface area contributed by atoms with E-state index in [1.54, 1.807) is 6.20 Å². The normalized spacial score (nSPS) is 16.5. The summed E-state index contributed by atoms with van der Waals surface area (Å²) in [5.41, 5.74) is 3.53. The van der Waals surface area contributed by atoms with Crippen LogP contribution in [0.4, 0.5) is 5.95 Å². The van der Waals surface area contributed by atoms with E-state index in [0.717, 1.165) is 5.69 Å². The van der Waals surface area contributed by atoms with Gasteiger partial charge >= 0.3 is 0 Å². The molecule has 58 valence electrons. The Morgan fingerprint density at radius 3 is 3.00 bits per heavy atom. The lowest BCUT2D eigenvalue weighted by Gasteiger charge is -1.99. The first kappa shape index (κ1) is 6.54. The Kier molecular flexibility index (Phi) is 1.47. The predicted octanol–water partition coefficient (Wildman–Crippen LogP) is 0.640. The minimum atomic E-state index is 0.509. The number of nitrogens with zero attached hydrogens (tertiary/aromatic N) is 2. The minimum absolute atomic E-state index is 0.509. The van der Waals surface area contributed by atoms with E-state index in [2.05, 4.69) is 15.4 Å². The van der Waals surface area contributed by atoms with Crippen molar-refractivity contribution in [3.05, 3.63) is 18.0 Å². The number of hydrogen-bond acceptors (Lipinski definition) is 4. The summed E-state index contributed by atoms with van der Waals surface area (Å²) in [6.45, 7) is 0. The van der Waals surface area contributed by atoms with Crippen molar-refractivity contribution in [1.29, 1.82) is 0 Å². The van der Waals surface area contributed by atoms with Crippen molar-refractivity contribution in [3.63, 3.8) is 0 Å². The molecule has 1 aromatic heterocycles. The van der Waals surface area contributed by atoms with Gasteiger partial charge in [-0.2, -0.15) is 0 Å². The van der Waals surface area contributed by atoms with Gasteiger partial charge < -0.3 is 0 Å². The molecular formula is C7H10N4. The molecule has 1 heterocycles. The third kappa shape index (κ3) is 1.30. The number of rotatable bonds is 2. The van der Waals surface area contributed by atoms with Crippen LogP contribution in [-0.2, 0) is 0 Å². The molecule has 2 rings (SSSR count). The fourth-order valence-electron chi connectivity index (χ4n) is 1.05. The zero-order valence-corrected chi connectivity index (χ0v) is 6.12. The van der Waals surface area contributed by atoms with Gasteiger partial charge in [0.05, 0.1) is 0 Å². The van der Waals surface area contributed by atoms with Gasteiger partial charge in [0.1, 0.15) is 0 Å². The average molecular weight is 150 g/mol. The van der Waals surface area contributed by atoms with Crippen LogP contribution in [0, 0.1) is 0 Å². The number of nitrogens with one attached hydrogen (secondary N) is 1. The van der Waals surface area contributed by atoms with Crippen molar-refractivity contribution >= 4 is 5.95 Å². The van der Waals surface area contributed by atoms with Gasteiger partial charge in [-0.1, -0.05) is 0 Å². The Morgan fingerprint density at radius 1 is 1.55 bits per heavy atom. The molecule has 11 heavy (non-hydrogen) atoms. The van der Waals surface area contributed by atoms with E-state index in [1.165, 1.54) is 12.8 Å². The van der Waals surface area contributed by atoms with Crippen LogP contribution < -0.4 is 11.3 Å². The number of hydrazine groups is 1. The van der Waals surface area contributed by atoms with E-state index in [-0.39, 0.29) is 0 Å². The van der Waals surface area contributed by atoms with Crippen molar-refractivity contribution in [2.45, 2.75) is 18.8 Å². The Bertz CT molecular complexity index is 256. The Balaban J connectivity index is 2.26. The maximum Gasteiger partial charge on any atom is 0.237 e. The topological polar surface area (TPSA) is 63.8 Å². The quantitative estimate of drug-likeness (QED) is 0.479. The summed E-state index contributed by atoms with van der Waals surface area (Å²) in [6.07, 6.45) is 4.23. The largest absolute Gasteiger partial charge is 0.292 e. The lowest BCUT2D eigenvalue weighted by molar-refractivity contribution is 0.981. The van der Waals surface area contributed by atoms with Gasteiger partial charge in [0.25, 0.3) is 0 Å². The van der Waals surface area contributed by atoms with Crippen molar-refractivity contribution in [3.8, 4) is 0 Å². The van der Waals surface area contributed by atoms with Crippen molar-refractivity contribution in [1.82, 2.24) is 9.97 Å². The second kappa shape index (κ2) is 2.47. The number of anilines is 1. The lowest BCUT2D eigenvalue weighted by Crippen LogP contribution is -2.10. The van der Waals surface area contributed by atoms with Crippen molar-refractivity contribution < 1.29 is 0 Å². The third-order valence-corrected chi connectivity index (χ3v) is 1.80. The summed E-state index contributed by atoms with van der Waals surface area (Å²) in [5.74, 6) is 6.33. The highest BCUT2D eigenvalue weighted by atomic mass is 15.3. The lowest BCUT2D eigenvalue weighted by atomic mass is 10.3. The van der Waals surface area contributed by atoms with Crippen molar-refractivity contribution in [2.75, 3.05) is 5.43 Å². The van der Waals surface area contributed by atoms with Crippen LogP contribution in [0.2, 0.25) is 0 Å². The van der Waals surface area contributed by atoms with Crippen LogP contribution in [0.25, 0.3) is 0 Å². The molecule has 0 bridgehead atoms. The van der Waals surface area contributed by atoms with E-state index in [9.17, 15) is 0 Å². The molecule has 1 aromatic rings. The molecule has 0 atom stereocenters. The van der Waals surface area contributed by atoms with Gasteiger partial charge in [-0.25, -0.2) is 15.8 Å². The molecule has 0 amide bonds. The maximum atomic E-state index is 5.16. The molecule has 0 aromatic carbocycles. The van der Waals surface area contributed by atoms with E-state index in [4.69, 9.17) is 5.84 Å². The minimum Gasteiger partial charge on any atom is -0.292 e. The van der Waals surface area contributed by atoms with Gasteiger partial charge in [-0.3, -0.25) is 5.43 Å². The number of nitrogens with two attached hydrogens (primary N) is 1. The van der Waals surface area contributed by atoms with Crippen LogP contribution in [0.3, 0.4) is 0 Å². The highest BCUT2D eigenvalue weighted by molar-refractivity contribution is 5.25. The first-order valence-electron chi connectivity index (χ1n) is 3.69. The monoisotopic (exact) mass is 150 g/mol. The van der Waals surface area contributed by atoms with Crippen molar-refractivity contribution in [2.24, 2.45) is 5.84 Å². The van der Waals surface area contributed by atoms with Crippen LogP contribution in [0.1, 0.15) is 24.5 Å². The maximum absolute atomic E-state index is 5.16. The third-order valence-electron chi connectivity index (χ3n) is 1.80. The number of hydrogen-bond donors (Lipinski definition) is 2. The molecule has 1 aliphatic rings. The standard InChI is InChI=1S/C7H10N4/c8-11-7-9-4-3-6(10-7)5-1-2-5/h3-5H,1-2,8H2,(H,9,10,11). The second-order valence-corrected chi connectivity index (χ2v) is 2.72. The summed E-state index contributed by atoms with van der Waals surface area (Å²) in [5, 5.41) is 0. The molecule has 0 aliphatic heterocycles. The van der Waals surface area contributed by atoms with Crippen LogP contribution in [0.15, 0.2) is 12.3 Å². The van der Waals surface area contributed by atoms with Gasteiger partial charge in [0, 0.05) is 17.8 Å². The SMILES string of the molecule is NNc1nccc(C2CC2)n1. The van der Waals surface area contributed by atoms with E-state index in [1.807, 2.05) is 6.07 Å². The zero-order chi connectivity index (χ0) is 7.68. The molecule has 4 heteroatoms. The highest BCUT2D eigenvalue weighted by Crippen LogP contribution is 2.38. The molecule has 1 saturated carbocycles. The molecule has 0 radical (unpaired) electrons. The predicted molar refractivity (Wildman–Crippen MR) is 41.8 cm³/mol. The molecule has 1 aliphatic carbocycles. The van der Waals surface area contributed by atoms with E-state index < -0.39 is 0 Å². The van der Waals surface area contributed by atoms with E-state index in [0.29, 0.717) is 11.9 Å². The van der Waals surface area contributed by atoms with Gasteiger partial charge in [0.15, 0.2) is 0 Å². The molecule has 0 saturated heterocycles. The average Bonchev–Trinajstić information content (AvgIpc) is 2.87. The first-order chi connectivity index (χ1) is 5.40. The van der Waals surface area contributed by atoms with Gasteiger partial charge in [0.2, 0.25) is 5.95 Å². The molecule has 0 spiro atoms. The highest BCUT2D eigenvalue weighted by Gasteiger charge is 2.24. The zero-order valence-electron chi connectivity index (χ0n) is 6.12. The summed E-state index contributed by atoms with van der Waals surface area (Å²) in [6, 6.07) is 1.94.